The molecule has 0 aromatic heterocycles. The summed E-state index contributed by atoms with van der Waals surface area (Å²) in [4.78, 5) is 24.1. The van der Waals surface area contributed by atoms with E-state index in [-0.39, 0.29) is 16.7 Å². The summed E-state index contributed by atoms with van der Waals surface area (Å²) in [5.41, 5.74) is 3.04. The lowest BCUT2D eigenvalue weighted by molar-refractivity contribution is -0.124. The summed E-state index contributed by atoms with van der Waals surface area (Å²) in [5, 5.41) is 0. The van der Waals surface area contributed by atoms with Crippen molar-refractivity contribution < 1.29 is 9.59 Å². The Kier molecular flexibility index (Phi) is 2.90. The smallest absolute Gasteiger partial charge is 0.156 e. The number of hydrogen-bond donors (Lipinski definition) is 0. The van der Waals surface area contributed by atoms with Crippen molar-refractivity contribution in [1.29, 1.82) is 0 Å². The maximum absolute atomic E-state index is 12.1. The van der Waals surface area contributed by atoms with Crippen LogP contribution in [-0.2, 0) is 9.59 Å². The molecule has 118 valence electrons. The molecule has 0 N–H and O–H groups in total. The molecule has 2 heteroatoms. The van der Waals surface area contributed by atoms with E-state index in [0.717, 1.165) is 19.3 Å². The van der Waals surface area contributed by atoms with Crippen LogP contribution in [0.1, 0.15) is 59.3 Å². The van der Waals surface area contributed by atoms with Crippen LogP contribution in [0.15, 0.2) is 23.3 Å². The monoisotopic (exact) mass is 298 g/mol. The van der Waals surface area contributed by atoms with Gasteiger partial charge < -0.3 is 0 Å². The van der Waals surface area contributed by atoms with Crippen LogP contribution in [-0.4, -0.2) is 11.6 Å². The van der Waals surface area contributed by atoms with Crippen LogP contribution in [0.5, 0.6) is 0 Å². The van der Waals surface area contributed by atoms with Crippen molar-refractivity contribution in [2.45, 2.75) is 59.3 Å². The van der Waals surface area contributed by atoms with E-state index in [1.807, 2.05) is 6.08 Å². The number of carbonyl (C=O) groups excluding carboxylic acids is 2. The first-order valence-corrected chi connectivity index (χ1v) is 8.81. The first-order chi connectivity index (χ1) is 10.4. The van der Waals surface area contributed by atoms with E-state index in [0.29, 0.717) is 29.8 Å². The summed E-state index contributed by atoms with van der Waals surface area (Å²) in [6.07, 6.45) is 10.5. The summed E-state index contributed by atoms with van der Waals surface area (Å²) in [6.45, 7) is 6.40. The van der Waals surface area contributed by atoms with Gasteiger partial charge in [-0.3, -0.25) is 9.59 Å². The summed E-state index contributed by atoms with van der Waals surface area (Å²) in [5.74, 6) is 2.15. The Morgan fingerprint density at radius 1 is 1.23 bits per heavy atom. The lowest BCUT2D eigenvalue weighted by atomic mass is 9.53. The van der Waals surface area contributed by atoms with Crippen LogP contribution in [0.2, 0.25) is 0 Å². The van der Waals surface area contributed by atoms with E-state index in [1.165, 1.54) is 24.0 Å². The van der Waals surface area contributed by atoms with Crippen molar-refractivity contribution in [2.75, 3.05) is 0 Å². The molecule has 0 amide bonds. The highest BCUT2D eigenvalue weighted by Gasteiger charge is 2.57. The van der Waals surface area contributed by atoms with Gasteiger partial charge in [-0.05, 0) is 62.4 Å². The zero-order chi connectivity index (χ0) is 15.7. The molecule has 4 aliphatic carbocycles. The number of carbonyl (C=O) groups is 2. The van der Waals surface area contributed by atoms with Gasteiger partial charge in [-0.25, -0.2) is 0 Å². The molecule has 0 aliphatic heterocycles. The van der Waals surface area contributed by atoms with Crippen LogP contribution in [0.4, 0.5) is 0 Å². The van der Waals surface area contributed by atoms with Gasteiger partial charge in [0, 0.05) is 17.8 Å². The number of Topliss-reactive ketones (excluding diaryl/α,β-unsaturated/α-hetero) is 1. The maximum atomic E-state index is 12.1. The fourth-order valence-electron chi connectivity index (χ4n) is 6.39. The number of hydrogen-bond acceptors (Lipinski definition) is 2. The molecule has 0 aromatic carbocycles. The normalized spacial score (nSPS) is 46.5. The minimum Gasteiger partial charge on any atom is -0.300 e. The van der Waals surface area contributed by atoms with Gasteiger partial charge >= 0.3 is 0 Å². The van der Waals surface area contributed by atoms with E-state index in [2.05, 4.69) is 19.9 Å². The quantitative estimate of drug-likeness (QED) is 0.678. The highest BCUT2D eigenvalue weighted by atomic mass is 16.1. The van der Waals surface area contributed by atoms with E-state index in [4.69, 9.17) is 0 Å². The Hall–Kier alpha value is -1.18. The third-order valence-electron chi connectivity index (χ3n) is 7.48. The Morgan fingerprint density at radius 2 is 2.00 bits per heavy atom. The van der Waals surface area contributed by atoms with Crippen LogP contribution in [0.25, 0.3) is 0 Å². The standard InChI is InChI=1S/C20H26O2/c1-12(21)16-6-7-17-15-5-4-13-10-14(22)11-20(13,3)18(15)8-9-19(16,17)2/h8,10,15-17H,4-7,9,11H2,1-3H3/t15-,16-,17+,19-,20+/m1/s1. The Morgan fingerprint density at radius 3 is 2.73 bits per heavy atom. The van der Waals surface area contributed by atoms with Crippen LogP contribution in [0, 0.1) is 28.6 Å². The summed E-state index contributed by atoms with van der Waals surface area (Å²) in [6, 6.07) is 0. The van der Waals surface area contributed by atoms with Crippen LogP contribution in [0.3, 0.4) is 0 Å². The van der Waals surface area contributed by atoms with E-state index < -0.39 is 0 Å². The lowest BCUT2D eigenvalue weighted by Gasteiger charge is -2.51. The van der Waals surface area contributed by atoms with Gasteiger partial charge in [0.15, 0.2) is 5.78 Å². The zero-order valence-electron chi connectivity index (χ0n) is 13.9. The van der Waals surface area contributed by atoms with Crippen molar-refractivity contribution in [3.05, 3.63) is 23.3 Å². The SMILES string of the molecule is CC(=O)[C@H]1CC[C@H]2[C@H]3CCC4=CC(=O)C[C@]4(C)C3=CC[C@]12C. The van der Waals surface area contributed by atoms with E-state index in [9.17, 15) is 9.59 Å². The lowest BCUT2D eigenvalue weighted by Crippen LogP contribution is -2.43. The van der Waals surface area contributed by atoms with Gasteiger partial charge in [-0.1, -0.05) is 31.1 Å². The molecule has 2 fully saturated rings. The Labute approximate surface area is 133 Å². The van der Waals surface area contributed by atoms with Gasteiger partial charge in [-0.2, -0.15) is 0 Å². The van der Waals surface area contributed by atoms with E-state index in [1.54, 1.807) is 6.92 Å². The van der Waals surface area contributed by atoms with Gasteiger partial charge in [0.2, 0.25) is 0 Å². The molecular weight excluding hydrogens is 272 g/mol. The number of allylic oxidation sites excluding steroid dienone is 4. The fourth-order valence-corrected chi connectivity index (χ4v) is 6.39. The first kappa shape index (κ1) is 14.4. The summed E-state index contributed by atoms with van der Waals surface area (Å²) < 4.78 is 0. The number of fused-ring (bicyclic) bond motifs is 5. The molecule has 0 unspecified atom stereocenters. The predicted molar refractivity (Wildman–Crippen MR) is 86.2 cm³/mol. The highest BCUT2D eigenvalue weighted by Crippen LogP contribution is 2.64. The topological polar surface area (TPSA) is 34.1 Å². The molecular formula is C20H26O2. The highest BCUT2D eigenvalue weighted by molar-refractivity contribution is 5.95. The second-order valence-electron chi connectivity index (χ2n) is 8.51. The minimum absolute atomic E-state index is 0.00433. The Balaban J connectivity index is 1.75. The molecule has 0 bridgehead atoms. The summed E-state index contributed by atoms with van der Waals surface area (Å²) in [7, 11) is 0. The second kappa shape index (κ2) is 4.43. The average molecular weight is 298 g/mol. The molecule has 0 spiro atoms. The van der Waals surface area contributed by atoms with E-state index >= 15 is 0 Å². The molecule has 5 atom stereocenters. The third kappa shape index (κ3) is 1.67. The first-order valence-electron chi connectivity index (χ1n) is 8.81. The Bertz CT molecular complexity index is 626. The summed E-state index contributed by atoms with van der Waals surface area (Å²) >= 11 is 0. The second-order valence-corrected chi connectivity index (χ2v) is 8.51. The zero-order valence-corrected chi connectivity index (χ0v) is 13.9. The predicted octanol–water partition coefficient (Wildman–Crippen LogP) is 4.25. The molecule has 0 radical (unpaired) electrons. The molecule has 4 rings (SSSR count). The van der Waals surface area contributed by atoms with Gasteiger partial charge in [-0.15, -0.1) is 0 Å². The van der Waals surface area contributed by atoms with Crippen molar-refractivity contribution in [2.24, 2.45) is 28.6 Å². The average Bonchev–Trinajstić information content (AvgIpc) is 2.93. The third-order valence-corrected chi connectivity index (χ3v) is 7.48. The molecule has 0 aromatic rings. The van der Waals surface area contributed by atoms with Gasteiger partial charge in [0.05, 0.1) is 0 Å². The van der Waals surface area contributed by atoms with Crippen molar-refractivity contribution >= 4 is 11.6 Å². The van der Waals surface area contributed by atoms with Gasteiger partial charge in [0.25, 0.3) is 0 Å². The number of rotatable bonds is 1. The molecule has 2 nitrogen and oxygen atoms in total. The number of ketones is 2. The van der Waals surface area contributed by atoms with Crippen molar-refractivity contribution in [1.82, 2.24) is 0 Å². The minimum atomic E-state index is -0.00433. The molecule has 22 heavy (non-hydrogen) atoms. The van der Waals surface area contributed by atoms with Crippen molar-refractivity contribution in [3.8, 4) is 0 Å². The molecule has 0 heterocycles. The van der Waals surface area contributed by atoms with Crippen LogP contribution >= 0.6 is 0 Å². The van der Waals surface area contributed by atoms with Gasteiger partial charge in [0.1, 0.15) is 5.78 Å². The molecule has 2 saturated carbocycles. The molecule has 4 aliphatic rings. The fraction of sp³-hybridized carbons (Fsp3) is 0.700. The maximum Gasteiger partial charge on any atom is 0.156 e. The van der Waals surface area contributed by atoms with Crippen LogP contribution < -0.4 is 0 Å². The van der Waals surface area contributed by atoms with Crippen molar-refractivity contribution in [3.63, 3.8) is 0 Å². The molecule has 0 saturated heterocycles. The largest absolute Gasteiger partial charge is 0.300 e.